The predicted molar refractivity (Wildman–Crippen MR) is 103 cm³/mol. The normalized spacial score (nSPS) is 11.5. The van der Waals surface area contributed by atoms with Crippen LogP contribution >= 0.6 is 23.4 Å². The molecule has 0 aliphatic rings. The zero-order valence-electron chi connectivity index (χ0n) is 14.4. The third-order valence-electron chi connectivity index (χ3n) is 3.50. The number of halogens is 1. The van der Waals surface area contributed by atoms with Gasteiger partial charge in [0.05, 0.1) is 21.6 Å². The Labute approximate surface area is 165 Å². The molecule has 0 spiro atoms. The minimum Gasteiger partial charge on any atom is -0.455 e. The van der Waals surface area contributed by atoms with E-state index in [2.05, 4.69) is 5.32 Å². The number of esters is 1. The summed E-state index contributed by atoms with van der Waals surface area (Å²) in [5, 5.41) is 14.2. The summed E-state index contributed by atoms with van der Waals surface area (Å²) in [7, 11) is 0. The number of hydrogen-bond acceptors (Lipinski definition) is 6. The summed E-state index contributed by atoms with van der Waals surface area (Å²) in [5.41, 5.74) is 0.748. The van der Waals surface area contributed by atoms with Crippen molar-refractivity contribution >= 4 is 40.9 Å². The van der Waals surface area contributed by atoms with Gasteiger partial charge in [0.2, 0.25) is 0 Å². The lowest BCUT2D eigenvalue weighted by Crippen LogP contribution is -2.31. The van der Waals surface area contributed by atoms with Crippen LogP contribution in [0.1, 0.15) is 18.5 Å². The number of nitro groups is 1. The highest BCUT2D eigenvalue weighted by molar-refractivity contribution is 8.00. The zero-order chi connectivity index (χ0) is 19.8. The Morgan fingerprint density at radius 3 is 2.70 bits per heavy atom. The molecule has 0 saturated carbocycles. The van der Waals surface area contributed by atoms with Crippen LogP contribution in [0.3, 0.4) is 0 Å². The van der Waals surface area contributed by atoms with Crippen molar-refractivity contribution in [2.24, 2.45) is 0 Å². The van der Waals surface area contributed by atoms with Crippen molar-refractivity contribution in [3.8, 4) is 0 Å². The van der Waals surface area contributed by atoms with E-state index in [4.69, 9.17) is 16.3 Å². The molecule has 7 nitrogen and oxygen atoms in total. The second-order valence-corrected chi connectivity index (χ2v) is 6.97. The van der Waals surface area contributed by atoms with E-state index in [0.717, 1.165) is 17.3 Å². The average molecular weight is 409 g/mol. The second kappa shape index (κ2) is 9.94. The van der Waals surface area contributed by atoms with E-state index in [1.165, 1.54) is 6.07 Å². The molecule has 0 bridgehead atoms. The Balaban J connectivity index is 1.78. The topological polar surface area (TPSA) is 98.5 Å². The van der Waals surface area contributed by atoms with Crippen molar-refractivity contribution in [1.29, 1.82) is 0 Å². The fraction of sp³-hybridized carbons (Fsp3) is 0.222. The lowest BCUT2D eigenvalue weighted by atomic mass is 10.1. The van der Waals surface area contributed by atoms with Crippen molar-refractivity contribution in [2.45, 2.75) is 17.9 Å². The first-order valence-corrected chi connectivity index (χ1v) is 9.30. The van der Waals surface area contributed by atoms with Crippen LogP contribution in [-0.2, 0) is 14.3 Å². The first-order valence-electron chi connectivity index (χ1n) is 7.93. The van der Waals surface area contributed by atoms with Crippen molar-refractivity contribution in [2.75, 3.05) is 12.4 Å². The number of nitrogens with zero attached hydrogens (tertiary/aromatic N) is 1. The molecule has 2 aromatic carbocycles. The molecule has 0 aliphatic heterocycles. The number of nitro benzene ring substituents is 1. The lowest BCUT2D eigenvalue weighted by molar-refractivity contribution is -0.387. The summed E-state index contributed by atoms with van der Waals surface area (Å²) < 4.78 is 4.92. The molecule has 27 heavy (non-hydrogen) atoms. The quantitative estimate of drug-likeness (QED) is 0.309. The van der Waals surface area contributed by atoms with E-state index in [1.54, 1.807) is 43.3 Å². The number of thioether (sulfide) groups is 1. The van der Waals surface area contributed by atoms with Crippen molar-refractivity contribution in [3.63, 3.8) is 0 Å². The van der Waals surface area contributed by atoms with E-state index in [-0.39, 0.29) is 17.5 Å². The number of hydrogen-bond donors (Lipinski definition) is 1. The molecule has 0 unspecified atom stereocenters. The summed E-state index contributed by atoms with van der Waals surface area (Å²) in [4.78, 5) is 34.5. The van der Waals surface area contributed by atoms with Gasteiger partial charge in [-0.2, -0.15) is 0 Å². The fourth-order valence-corrected chi connectivity index (χ4v) is 3.22. The monoisotopic (exact) mass is 408 g/mol. The van der Waals surface area contributed by atoms with Crippen LogP contribution in [-0.4, -0.2) is 29.2 Å². The van der Waals surface area contributed by atoms with Gasteiger partial charge in [0.25, 0.3) is 11.6 Å². The fourth-order valence-electron chi connectivity index (χ4n) is 2.20. The van der Waals surface area contributed by atoms with Crippen LogP contribution in [0.5, 0.6) is 0 Å². The van der Waals surface area contributed by atoms with Gasteiger partial charge in [0.15, 0.2) is 6.61 Å². The van der Waals surface area contributed by atoms with E-state index in [0.29, 0.717) is 9.92 Å². The third kappa shape index (κ3) is 6.58. The van der Waals surface area contributed by atoms with Crippen LogP contribution in [0.4, 0.5) is 5.69 Å². The van der Waals surface area contributed by atoms with Crippen LogP contribution in [0, 0.1) is 10.1 Å². The number of rotatable bonds is 8. The Bertz CT molecular complexity index is 846. The number of benzene rings is 2. The van der Waals surface area contributed by atoms with Gasteiger partial charge in [-0.1, -0.05) is 35.9 Å². The van der Waals surface area contributed by atoms with E-state index < -0.39 is 23.4 Å². The lowest BCUT2D eigenvalue weighted by Gasteiger charge is -2.14. The van der Waals surface area contributed by atoms with E-state index in [9.17, 15) is 19.7 Å². The Kier molecular flexibility index (Phi) is 7.63. The van der Waals surface area contributed by atoms with Crippen LogP contribution < -0.4 is 5.32 Å². The SMILES string of the molecule is C[C@@H](NC(=O)COC(=O)CSc1ccccc1[N+](=O)[O-])c1cccc(Cl)c1. The molecule has 1 N–H and O–H groups in total. The van der Waals surface area contributed by atoms with E-state index in [1.807, 2.05) is 6.07 Å². The van der Waals surface area contributed by atoms with Gasteiger partial charge in [-0.25, -0.2) is 0 Å². The average Bonchev–Trinajstić information content (AvgIpc) is 2.64. The molecular formula is C18H17ClN2O5S. The van der Waals surface area contributed by atoms with Gasteiger partial charge >= 0.3 is 5.97 Å². The maximum Gasteiger partial charge on any atom is 0.316 e. The second-order valence-electron chi connectivity index (χ2n) is 5.52. The van der Waals surface area contributed by atoms with E-state index >= 15 is 0 Å². The van der Waals surface area contributed by atoms with Crippen LogP contribution in [0.2, 0.25) is 5.02 Å². The molecule has 0 radical (unpaired) electrons. The minimum atomic E-state index is -0.635. The third-order valence-corrected chi connectivity index (χ3v) is 4.77. The number of ether oxygens (including phenoxy) is 1. The maximum atomic E-state index is 11.9. The summed E-state index contributed by atoms with van der Waals surface area (Å²) in [6, 6.07) is 12.9. The Morgan fingerprint density at radius 1 is 1.26 bits per heavy atom. The standard InChI is InChI=1S/C18H17ClN2O5S/c1-12(13-5-4-6-14(19)9-13)20-17(22)10-26-18(23)11-27-16-8-3-2-7-15(16)21(24)25/h2-9,12H,10-11H2,1H3,(H,20,22)/t12-/m1/s1. The van der Waals surface area contributed by atoms with Crippen LogP contribution in [0.25, 0.3) is 0 Å². The highest BCUT2D eigenvalue weighted by Crippen LogP contribution is 2.28. The molecule has 0 aromatic heterocycles. The molecule has 2 aromatic rings. The van der Waals surface area contributed by atoms with Gasteiger partial charge in [0.1, 0.15) is 0 Å². The maximum absolute atomic E-state index is 11.9. The highest BCUT2D eigenvalue weighted by Gasteiger charge is 2.16. The van der Waals surface area contributed by atoms with Crippen molar-refractivity contribution < 1.29 is 19.2 Å². The van der Waals surface area contributed by atoms with Gasteiger partial charge < -0.3 is 10.1 Å². The van der Waals surface area contributed by atoms with Gasteiger partial charge in [-0.3, -0.25) is 19.7 Å². The first-order chi connectivity index (χ1) is 12.9. The summed E-state index contributed by atoms with van der Waals surface area (Å²) >= 11 is 6.90. The molecule has 142 valence electrons. The molecule has 1 amide bonds. The molecule has 0 saturated heterocycles. The zero-order valence-corrected chi connectivity index (χ0v) is 16.0. The summed E-state index contributed by atoms with van der Waals surface area (Å²) in [6.45, 7) is 1.36. The molecule has 1 atom stereocenters. The largest absolute Gasteiger partial charge is 0.455 e. The van der Waals surface area contributed by atoms with Gasteiger partial charge in [-0.15, -0.1) is 11.8 Å². The van der Waals surface area contributed by atoms with Gasteiger partial charge in [0, 0.05) is 11.1 Å². The number of amides is 1. The molecule has 2 rings (SSSR count). The predicted octanol–water partition coefficient (Wildman–Crippen LogP) is 3.76. The smallest absolute Gasteiger partial charge is 0.316 e. The van der Waals surface area contributed by atoms with Gasteiger partial charge in [-0.05, 0) is 30.7 Å². The molecular weight excluding hydrogens is 392 g/mol. The molecule has 9 heteroatoms. The number of para-hydroxylation sites is 1. The Hall–Kier alpha value is -2.58. The summed E-state index contributed by atoms with van der Waals surface area (Å²) in [5.74, 6) is -1.22. The molecule has 0 heterocycles. The molecule has 0 fully saturated rings. The number of carbonyl (C=O) groups excluding carboxylic acids is 2. The van der Waals surface area contributed by atoms with Crippen LogP contribution in [0.15, 0.2) is 53.4 Å². The molecule has 0 aliphatic carbocycles. The number of carbonyl (C=O) groups is 2. The minimum absolute atomic E-state index is 0.0802. The Morgan fingerprint density at radius 2 is 2.00 bits per heavy atom. The summed E-state index contributed by atoms with van der Waals surface area (Å²) in [6.07, 6.45) is 0. The number of nitrogens with one attached hydrogen (secondary N) is 1. The van der Waals surface area contributed by atoms with Crippen molar-refractivity contribution in [3.05, 3.63) is 69.2 Å². The highest BCUT2D eigenvalue weighted by atomic mass is 35.5. The first kappa shape index (κ1) is 20.7. The van der Waals surface area contributed by atoms with Crippen molar-refractivity contribution in [1.82, 2.24) is 5.32 Å².